The number of hydrogen-bond donors (Lipinski definition) is 0. The average molecular weight is 277 g/mol. The van der Waals surface area contributed by atoms with E-state index in [1.165, 1.54) is 11.1 Å². The molecule has 1 aromatic rings. The first-order valence-corrected chi connectivity index (χ1v) is 7.50. The molecule has 0 bridgehead atoms. The Morgan fingerprint density at radius 3 is 1.90 bits per heavy atom. The van der Waals surface area contributed by atoms with Crippen LogP contribution >= 0.6 is 0 Å². The maximum Gasteiger partial charge on any atom is 0.410 e. The van der Waals surface area contributed by atoms with Crippen LogP contribution in [-0.4, -0.2) is 29.7 Å². The van der Waals surface area contributed by atoms with E-state index >= 15 is 0 Å². The molecule has 3 nitrogen and oxygen atoms in total. The molecule has 1 aliphatic heterocycles. The summed E-state index contributed by atoms with van der Waals surface area (Å²) in [5, 5.41) is 0. The SMILES string of the molecule is CC.CC(C)(C)OC(=O)N1CCc2ccccc2CC1. The Morgan fingerprint density at radius 2 is 1.50 bits per heavy atom. The number of hydrogen-bond acceptors (Lipinski definition) is 2. The van der Waals surface area contributed by atoms with Crippen LogP contribution in [0.4, 0.5) is 4.79 Å². The molecule has 1 aliphatic rings. The molecule has 112 valence electrons. The van der Waals surface area contributed by atoms with Crippen molar-refractivity contribution in [3.05, 3.63) is 35.4 Å². The van der Waals surface area contributed by atoms with E-state index in [1.54, 1.807) is 0 Å². The number of nitrogens with zero attached hydrogens (tertiary/aromatic N) is 1. The minimum atomic E-state index is -0.420. The van der Waals surface area contributed by atoms with E-state index in [1.807, 2.05) is 39.5 Å². The Kier molecular flexibility index (Phi) is 6.05. The first kappa shape index (κ1) is 16.5. The number of amides is 1. The van der Waals surface area contributed by atoms with Crippen LogP contribution < -0.4 is 0 Å². The molecule has 1 aromatic carbocycles. The summed E-state index contributed by atoms with van der Waals surface area (Å²) in [6, 6.07) is 8.41. The Hall–Kier alpha value is -1.51. The summed E-state index contributed by atoms with van der Waals surface area (Å²) in [7, 11) is 0. The Morgan fingerprint density at radius 1 is 1.05 bits per heavy atom. The van der Waals surface area contributed by atoms with Gasteiger partial charge in [-0.15, -0.1) is 0 Å². The average Bonchev–Trinajstić information content (AvgIpc) is 2.61. The van der Waals surface area contributed by atoms with Crippen molar-refractivity contribution in [2.75, 3.05) is 13.1 Å². The van der Waals surface area contributed by atoms with Crippen molar-refractivity contribution in [3.8, 4) is 0 Å². The van der Waals surface area contributed by atoms with Crippen LogP contribution in [0.1, 0.15) is 45.7 Å². The molecule has 0 atom stereocenters. The number of fused-ring (bicyclic) bond motifs is 1. The molecular weight excluding hydrogens is 250 g/mol. The molecule has 0 aromatic heterocycles. The normalized spacial score (nSPS) is 14.6. The zero-order valence-corrected chi connectivity index (χ0v) is 13.4. The van der Waals surface area contributed by atoms with Crippen LogP contribution in [0, 0.1) is 0 Å². The van der Waals surface area contributed by atoms with E-state index in [0.717, 1.165) is 25.9 Å². The van der Waals surface area contributed by atoms with Gasteiger partial charge in [0.1, 0.15) is 5.60 Å². The topological polar surface area (TPSA) is 29.5 Å². The fourth-order valence-corrected chi connectivity index (χ4v) is 2.18. The van der Waals surface area contributed by atoms with Gasteiger partial charge in [-0.1, -0.05) is 38.1 Å². The van der Waals surface area contributed by atoms with E-state index in [9.17, 15) is 4.79 Å². The van der Waals surface area contributed by atoms with Gasteiger partial charge in [0.25, 0.3) is 0 Å². The molecule has 20 heavy (non-hydrogen) atoms. The van der Waals surface area contributed by atoms with Gasteiger partial charge in [0.15, 0.2) is 0 Å². The minimum Gasteiger partial charge on any atom is -0.444 e. The fraction of sp³-hybridized carbons (Fsp3) is 0.588. The second-order valence-electron chi connectivity index (χ2n) is 5.74. The van der Waals surface area contributed by atoms with E-state index in [2.05, 4.69) is 24.3 Å². The lowest BCUT2D eigenvalue weighted by Crippen LogP contribution is -2.38. The third kappa shape index (κ3) is 4.87. The molecule has 0 saturated carbocycles. The van der Waals surface area contributed by atoms with Crippen LogP contribution in [0.5, 0.6) is 0 Å². The molecule has 1 heterocycles. The number of benzene rings is 1. The number of rotatable bonds is 0. The number of carbonyl (C=O) groups excluding carboxylic acids is 1. The lowest BCUT2D eigenvalue weighted by atomic mass is 10.0. The highest BCUT2D eigenvalue weighted by molar-refractivity contribution is 5.68. The lowest BCUT2D eigenvalue weighted by Gasteiger charge is -2.26. The zero-order valence-electron chi connectivity index (χ0n) is 13.4. The van der Waals surface area contributed by atoms with Crippen LogP contribution in [0.15, 0.2) is 24.3 Å². The maximum absolute atomic E-state index is 12.0. The van der Waals surface area contributed by atoms with Crippen molar-refractivity contribution >= 4 is 6.09 Å². The van der Waals surface area contributed by atoms with E-state index in [4.69, 9.17) is 4.74 Å². The van der Waals surface area contributed by atoms with Crippen LogP contribution in [0.25, 0.3) is 0 Å². The third-order valence-electron chi connectivity index (χ3n) is 3.07. The van der Waals surface area contributed by atoms with Crippen molar-refractivity contribution in [2.24, 2.45) is 0 Å². The van der Waals surface area contributed by atoms with Gasteiger partial charge in [-0.3, -0.25) is 0 Å². The molecular formula is C17H27NO2. The molecule has 0 aliphatic carbocycles. The monoisotopic (exact) mass is 277 g/mol. The summed E-state index contributed by atoms with van der Waals surface area (Å²) in [6.45, 7) is 11.2. The highest BCUT2D eigenvalue weighted by Crippen LogP contribution is 2.17. The van der Waals surface area contributed by atoms with Gasteiger partial charge < -0.3 is 9.64 Å². The zero-order chi connectivity index (χ0) is 15.2. The van der Waals surface area contributed by atoms with Crippen molar-refractivity contribution in [1.29, 1.82) is 0 Å². The molecule has 1 amide bonds. The lowest BCUT2D eigenvalue weighted by molar-refractivity contribution is 0.0258. The molecule has 0 saturated heterocycles. The van der Waals surface area contributed by atoms with Gasteiger partial charge >= 0.3 is 6.09 Å². The second-order valence-corrected chi connectivity index (χ2v) is 5.74. The van der Waals surface area contributed by atoms with Crippen LogP contribution in [-0.2, 0) is 17.6 Å². The van der Waals surface area contributed by atoms with Crippen molar-refractivity contribution < 1.29 is 9.53 Å². The summed E-state index contributed by atoms with van der Waals surface area (Å²) in [6.07, 6.45) is 1.63. The van der Waals surface area contributed by atoms with Crippen LogP contribution in [0.2, 0.25) is 0 Å². The van der Waals surface area contributed by atoms with Gasteiger partial charge in [-0.05, 0) is 44.7 Å². The van der Waals surface area contributed by atoms with E-state index in [0.29, 0.717) is 0 Å². The molecule has 0 unspecified atom stereocenters. The highest BCUT2D eigenvalue weighted by Gasteiger charge is 2.23. The first-order valence-electron chi connectivity index (χ1n) is 7.50. The second kappa shape index (κ2) is 7.32. The Labute approximate surface area is 122 Å². The van der Waals surface area contributed by atoms with Crippen molar-refractivity contribution in [3.63, 3.8) is 0 Å². The molecule has 0 fully saturated rings. The summed E-state index contributed by atoms with van der Waals surface area (Å²) < 4.78 is 5.42. The van der Waals surface area contributed by atoms with Crippen LogP contribution in [0.3, 0.4) is 0 Å². The fourth-order valence-electron chi connectivity index (χ4n) is 2.18. The van der Waals surface area contributed by atoms with Gasteiger partial charge in [0.2, 0.25) is 0 Å². The quantitative estimate of drug-likeness (QED) is 0.716. The first-order chi connectivity index (χ1) is 9.46. The van der Waals surface area contributed by atoms with Crippen molar-refractivity contribution in [1.82, 2.24) is 4.90 Å². The Bertz CT molecular complexity index is 408. The highest BCUT2D eigenvalue weighted by atomic mass is 16.6. The largest absolute Gasteiger partial charge is 0.444 e. The maximum atomic E-state index is 12.0. The molecule has 0 N–H and O–H groups in total. The van der Waals surface area contributed by atoms with E-state index in [-0.39, 0.29) is 6.09 Å². The van der Waals surface area contributed by atoms with Gasteiger partial charge in [0.05, 0.1) is 0 Å². The standard InChI is InChI=1S/C15H21NO2.C2H6/c1-15(2,3)18-14(17)16-10-8-12-6-4-5-7-13(12)9-11-16;1-2/h4-7H,8-11H2,1-3H3;1-2H3. The van der Waals surface area contributed by atoms with E-state index < -0.39 is 5.60 Å². The molecule has 0 radical (unpaired) electrons. The summed E-state index contributed by atoms with van der Waals surface area (Å²) >= 11 is 0. The summed E-state index contributed by atoms with van der Waals surface area (Å²) in [4.78, 5) is 13.8. The van der Waals surface area contributed by atoms with Gasteiger partial charge in [0, 0.05) is 13.1 Å². The smallest absolute Gasteiger partial charge is 0.410 e. The number of carbonyl (C=O) groups is 1. The predicted octanol–water partition coefficient (Wildman–Crippen LogP) is 4.05. The van der Waals surface area contributed by atoms with Gasteiger partial charge in [-0.25, -0.2) is 4.79 Å². The Balaban J connectivity index is 0.000000956. The third-order valence-corrected chi connectivity index (χ3v) is 3.07. The van der Waals surface area contributed by atoms with Crippen molar-refractivity contribution in [2.45, 2.75) is 53.1 Å². The molecule has 0 spiro atoms. The molecule has 2 rings (SSSR count). The molecule has 3 heteroatoms. The number of ether oxygens (including phenoxy) is 1. The summed E-state index contributed by atoms with van der Waals surface area (Å²) in [5.41, 5.74) is 2.28. The summed E-state index contributed by atoms with van der Waals surface area (Å²) in [5.74, 6) is 0. The predicted molar refractivity (Wildman–Crippen MR) is 83.0 cm³/mol. The van der Waals surface area contributed by atoms with Gasteiger partial charge in [-0.2, -0.15) is 0 Å². The minimum absolute atomic E-state index is 0.199.